The molecular weight excluding hydrogens is 372 g/mol. The number of rotatable bonds is 3. The highest BCUT2D eigenvalue weighted by atomic mass is 79.9. The van der Waals surface area contributed by atoms with Crippen LogP contribution in [-0.2, 0) is 6.61 Å². The monoisotopic (exact) mass is 380 g/mol. The van der Waals surface area contributed by atoms with E-state index in [1.165, 1.54) is 5.39 Å². The highest BCUT2D eigenvalue weighted by Crippen LogP contribution is 2.33. The molecule has 3 aromatic rings. The fourth-order valence-corrected chi connectivity index (χ4v) is 2.85. The van der Waals surface area contributed by atoms with Gasteiger partial charge in [-0.25, -0.2) is 0 Å². The number of hydrogen-bond acceptors (Lipinski definition) is 2. The Kier molecular flexibility index (Phi) is 3.62. The molecule has 0 unspecified atom stereocenters. The summed E-state index contributed by atoms with van der Waals surface area (Å²) in [6, 6.07) is 15.9. The number of benzene rings is 2. The summed E-state index contributed by atoms with van der Waals surface area (Å²) >= 11 is 6.87. The highest BCUT2D eigenvalue weighted by Gasteiger charge is 2.07. The van der Waals surface area contributed by atoms with Gasteiger partial charge in [-0.05, 0) is 60.8 Å². The molecule has 1 aromatic heterocycles. The van der Waals surface area contributed by atoms with Crippen LogP contribution < -0.4 is 4.74 Å². The van der Waals surface area contributed by atoms with Crippen LogP contribution in [0.5, 0.6) is 5.75 Å². The topological polar surface area (TPSA) is 22.4 Å². The Morgan fingerprint density at radius 3 is 2.58 bits per heavy atom. The second-order valence-electron chi connectivity index (χ2n) is 4.09. The maximum Gasteiger partial charge on any atom is 0.169 e. The van der Waals surface area contributed by atoms with Gasteiger partial charge in [0.05, 0.1) is 4.47 Å². The molecule has 0 saturated carbocycles. The number of halogens is 2. The van der Waals surface area contributed by atoms with Gasteiger partial charge in [-0.2, -0.15) is 0 Å². The lowest BCUT2D eigenvalue weighted by atomic mass is 10.1. The first kappa shape index (κ1) is 12.8. The van der Waals surface area contributed by atoms with E-state index in [0.717, 1.165) is 21.4 Å². The third-order valence-corrected chi connectivity index (χ3v) is 4.07. The summed E-state index contributed by atoms with van der Waals surface area (Å²) in [6.45, 7) is 0.405. The largest absolute Gasteiger partial charge is 0.484 e. The highest BCUT2D eigenvalue weighted by molar-refractivity contribution is 9.11. The van der Waals surface area contributed by atoms with E-state index >= 15 is 0 Å². The first-order valence-electron chi connectivity index (χ1n) is 5.78. The maximum absolute atomic E-state index is 5.78. The first-order chi connectivity index (χ1) is 9.24. The smallest absolute Gasteiger partial charge is 0.169 e. The molecule has 0 amide bonds. The Hall–Kier alpha value is -1.26. The van der Waals surface area contributed by atoms with Crippen LogP contribution in [0.3, 0.4) is 0 Å². The van der Waals surface area contributed by atoms with Crippen molar-refractivity contribution in [1.29, 1.82) is 0 Å². The summed E-state index contributed by atoms with van der Waals surface area (Å²) in [5.41, 5.74) is 0. The molecule has 0 aliphatic rings. The molecule has 0 bridgehead atoms. The van der Waals surface area contributed by atoms with Gasteiger partial charge in [-0.1, -0.05) is 30.3 Å². The Morgan fingerprint density at radius 1 is 0.947 bits per heavy atom. The molecule has 0 saturated heterocycles. The van der Waals surface area contributed by atoms with Crippen molar-refractivity contribution >= 4 is 42.6 Å². The molecule has 0 spiro atoms. The molecule has 0 fully saturated rings. The quantitative estimate of drug-likeness (QED) is 0.594. The molecule has 0 radical (unpaired) electrons. The van der Waals surface area contributed by atoms with E-state index in [1.807, 2.05) is 36.4 Å². The van der Waals surface area contributed by atoms with Crippen LogP contribution in [0.4, 0.5) is 0 Å². The van der Waals surface area contributed by atoms with E-state index in [1.54, 1.807) is 0 Å². The molecule has 4 heteroatoms. The summed E-state index contributed by atoms with van der Waals surface area (Å²) in [4.78, 5) is 0. The number of ether oxygens (including phenoxy) is 1. The Labute approximate surface area is 127 Å². The van der Waals surface area contributed by atoms with E-state index in [-0.39, 0.29) is 0 Å². The van der Waals surface area contributed by atoms with Gasteiger partial charge in [-0.15, -0.1) is 0 Å². The molecule has 0 atom stereocenters. The van der Waals surface area contributed by atoms with Gasteiger partial charge in [0.1, 0.15) is 18.1 Å². The lowest BCUT2D eigenvalue weighted by Gasteiger charge is -2.09. The molecular formula is C15H10Br2O2. The molecule has 96 valence electrons. The van der Waals surface area contributed by atoms with E-state index in [9.17, 15) is 0 Å². The zero-order chi connectivity index (χ0) is 13.2. The van der Waals surface area contributed by atoms with Gasteiger partial charge in [0, 0.05) is 0 Å². The molecule has 1 heterocycles. The van der Waals surface area contributed by atoms with Crippen LogP contribution in [0, 0.1) is 0 Å². The second kappa shape index (κ2) is 5.39. The van der Waals surface area contributed by atoms with Crippen molar-refractivity contribution in [3.05, 3.63) is 63.4 Å². The van der Waals surface area contributed by atoms with Crippen molar-refractivity contribution in [2.24, 2.45) is 0 Å². The lowest BCUT2D eigenvalue weighted by molar-refractivity contribution is 0.266. The van der Waals surface area contributed by atoms with Gasteiger partial charge < -0.3 is 9.15 Å². The summed E-state index contributed by atoms with van der Waals surface area (Å²) in [7, 11) is 0. The predicted molar refractivity (Wildman–Crippen MR) is 82.4 cm³/mol. The molecule has 0 aliphatic heterocycles. The van der Waals surface area contributed by atoms with Gasteiger partial charge >= 0.3 is 0 Å². The summed E-state index contributed by atoms with van der Waals surface area (Å²) in [5.74, 6) is 1.60. The Morgan fingerprint density at radius 2 is 1.79 bits per heavy atom. The average molecular weight is 382 g/mol. The molecule has 2 nitrogen and oxygen atoms in total. The summed E-state index contributed by atoms with van der Waals surface area (Å²) in [6.07, 6.45) is 0. The minimum atomic E-state index is 0.405. The maximum atomic E-state index is 5.78. The van der Waals surface area contributed by atoms with Crippen molar-refractivity contribution in [3.8, 4) is 5.75 Å². The fourth-order valence-electron chi connectivity index (χ4n) is 1.90. The second-order valence-corrected chi connectivity index (χ2v) is 5.67. The lowest BCUT2D eigenvalue weighted by Crippen LogP contribution is -1.94. The fraction of sp³-hybridized carbons (Fsp3) is 0.0667. The predicted octanol–water partition coefficient (Wildman–Crippen LogP) is 5.54. The molecule has 19 heavy (non-hydrogen) atoms. The average Bonchev–Trinajstić information content (AvgIpc) is 2.84. The van der Waals surface area contributed by atoms with Crippen molar-refractivity contribution < 1.29 is 9.15 Å². The van der Waals surface area contributed by atoms with E-state index < -0.39 is 0 Å². The van der Waals surface area contributed by atoms with Gasteiger partial charge in [0.2, 0.25) is 0 Å². The van der Waals surface area contributed by atoms with Crippen LogP contribution >= 0.6 is 31.9 Å². The molecule has 0 N–H and O–H groups in total. The summed E-state index contributed by atoms with van der Waals surface area (Å²) < 4.78 is 12.9. The van der Waals surface area contributed by atoms with Crippen LogP contribution in [0.15, 0.2) is 62.1 Å². The van der Waals surface area contributed by atoms with Crippen LogP contribution in [0.25, 0.3) is 10.8 Å². The minimum Gasteiger partial charge on any atom is -0.484 e. The third-order valence-electron chi connectivity index (χ3n) is 2.83. The number of fused-ring (bicyclic) bond motifs is 1. The number of furan rings is 1. The SMILES string of the molecule is Brc1ccc(COc2ccc3ccccc3c2Br)o1. The van der Waals surface area contributed by atoms with Crippen molar-refractivity contribution in [2.75, 3.05) is 0 Å². The van der Waals surface area contributed by atoms with Gasteiger partial charge in [-0.3, -0.25) is 0 Å². The third kappa shape index (κ3) is 2.69. The minimum absolute atomic E-state index is 0.405. The van der Waals surface area contributed by atoms with Crippen LogP contribution in [0.2, 0.25) is 0 Å². The van der Waals surface area contributed by atoms with E-state index in [0.29, 0.717) is 11.3 Å². The summed E-state index contributed by atoms with van der Waals surface area (Å²) in [5, 5.41) is 2.32. The standard InChI is InChI=1S/C15H10Br2O2/c16-14-8-6-11(19-14)9-18-13-7-5-10-3-1-2-4-12(10)15(13)17/h1-8H,9H2. The van der Waals surface area contributed by atoms with Crippen LogP contribution in [-0.4, -0.2) is 0 Å². The first-order valence-corrected chi connectivity index (χ1v) is 7.37. The Balaban J connectivity index is 1.87. The van der Waals surface area contributed by atoms with Crippen LogP contribution in [0.1, 0.15) is 5.76 Å². The molecule has 2 aromatic carbocycles. The van der Waals surface area contributed by atoms with E-state index in [2.05, 4.69) is 44.0 Å². The van der Waals surface area contributed by atoms with Gasteiger partial charge in [0.15, 0.2) is 4.67 Å². The van der Waals surface area contributed by atoms with Crippen molar-refractivity contribution in [3.63, 3.8) is 0 Å². The zero-order valence-electron chi connectivity index (χ0n) is 9.90. The molecule has 3 rings (SSSR count). The zero-order valence-corrected chi connectivity index (χ0v) is 13.1. The Bertz CT molecular complexity index is 719. The van der Waals surface area contributed by atoms with Crippen molar-refractivity contribution in [1.82, 2.24) is 0 Å². The van der Waals surface area contributed by atoms with Gasteiger partial charge in [0.25, 0.3) is 0 Å². The molecule has 0 aliphatic carbocycles. The van der Waals surface area contributed by atoms with E-state index in [4.69, 9.17) is 9.15 Å². The normalized spacial score (nSPS) is 10.8. The van der Waals surface area contributed by atoms with Crippen molar-refractivity contribution in [2.45, 2.75) is 6.61 Å². The number of hydrogen-bond donors (Lipinski definition) is 0.